The maximum absolute atomic E-state index is 6.16. The zero-order valence-corrected chi connectivity index (χ0v) is 14.5. The zero-order valence-electron chi connectivity index (χ0n) is 12.9. The molecule has 1 saturated carbocycles. The molecular weight excluding hydrogens is 328 g/mol. The molecule has 2 fully saturated rings. The van der Waals surface area contributed by atoms with E-state index in [-0.39, 0.29) is 5.41 Å². The highest BCUT2D eigenvalue weighted by atomic mass is 79.9. The van der Waals surface area contributed by atoms with Crippen LogP contribution in [0.4, 0.5) is 0 Å². The Balaban J connectivity index is 1.81. The number of aromatic nitrogens is 1. The molecule has 1 aliphatic heterocycles. The number of ether oxygens (including phenoxy) is 1. The Morgan fingerprint density at radius 3 is 2.90 bits per heavy atom. The summed E-state index contributed by atoms with van der Waals surface area (Å²) in [6, 6.07) is 2.72. The van der Waals surface area contributed by atoms with E-state index >= 15 is 0 Å². The molecule has 3 rings (SSSR count). The predicted molar refractivity (Wildman–Crippen MR) is 88.3 cm³/mol. The summed E-state index contributed by atoms with van der Waals surface area (Å²) in [5.41, 5.74) is 1.54. The van der Waals surface area contributed by atoms with E-state index in [2.05, 4.69) is 46.1 Å². The molecule has 1 aromatic rings. The molecule has 2 heterocycles. The number of pyridine rings is 1. The molecule has 1 aromatic heterocycles. The molecule has 1 saturated heterocycles. The van der Waals surface area contributed by atoms with Crippen molar-refractivity contribution in [2.75, 3.05) is 13.2 Å². The van der Waals surface area contributed by atoms with Crippen molar-refractivity contribution in [3.8, 4) is 0 Å². The van der Waals surface area contributed by atoms with Crippen LogP contribution in [0.2, 0.25) is 0 Å². The van der Waals surface area contributed by atoms with Crippen molar-refractivity contribution in [1.29, 1.82) is 0 Å². The zero-order chi connectivity index (χ0) is 14.9. The molecule has 2 atom stereocenters. The van der Waals surface area contributed by atoms with Crippen molar-refractivity contribution >= 4 is 15.9 Å². The highest BCUT2D eigenvalue weighted by Gasteiger charge is 2.50. The van der Waals surface area contributed by atoms with Crippen LogP contribution >= 0.6 is 15.9 Å². The Labute approximate surface area is 136 Å². The lowest BCUT2D eigenvalue weighted by Crippen LogP contribution is -2.45. The second-order valence-corrected chi connectivity index (χ2v) is 7.88. The van der Waals surface area contributed by atoms with Gasteiger partial charge in [0.15, 0.2) is 0 Å². The van der Waals surface area contributed by atoms with Crippen LogP contribution in [0.5, 0.6) is 0 Å². The van der Waals surface area contributed by atoms with Gasteiger partial charge in [-0.05, 0) is 59.2 Å². The summed E-state index contributed by atoms with van der Waals surface area (Å²) in [6.45, 7) is 6.38. The second kappa shape index (κ2) is 6.35. The van der Waals surface area contributed by atoms with E-state index in [0.717, 1.165) is 36.4 Å². The second-order valence-electron chi connectivity index (χ2n) is 6.96. The van der Waals surface area contributed by atoms with Crippen LogP contribution < -0.4 is 5.32 Å². The van der Waals surface area contributed by atoms with Gasteiger partial charge in [0.1, 0.15) is 0 Å². The number of nitrogens with zero attached hydrogens (tertiary/aromatic N) is 1. The first kappa shape index (κ1) is 15.4. The van der Waals surface area contributed by atoms with Gasteiger partial charge in [0, 0.05) is 41.5 Å². The molecule has 0 amide bonds. The average Bonchev–Trinajstić information content (AvgIpc) is 3.19. The van der Waals surface area contributed by atoms with E-state index in [4.69, 9.17) is 4.74 Å². The minimum Gasteiger partial charge on any atom is -0.377 e. The maximum atomic E-state index is 6.16. The van der Waals surface area contributed by atoms with Crippen molar-refractivity contribution in [2.45, 2.75) is 51.7 Å². The lowest BCUT2D eigenvalue weighted by atomic mass is 9.74. The number of nitrogens with one attached hydrogen (secondary N) is 1. The fourth-order valence-electron chi connectivity index (χ4n) is 3.55. The van der Waals surface area contributed by atoms with E-state index in [1.54, 1.807) is 0 Å². The van der Waals surface area contributed by atoms with E-state index in [1.807, 2.05) is 12.4 Å². The third kappa shape index (κ3) is 3.66. The molecule has 0 aromatic carbocycles. The summed E-state index contributed by atoms with van der Waals surface area (Å²) < 4.78 is 7.22. The number of hydrogen-bond acceptors (Lipinski definition) is 3. The Hall–Kier alpha value is -0.450. The Morgan fingerprint density at radius 1 is 1.43 bits per heavy atom. The highest BCUT2D eigenvalue weighted by Crippen LogP contribution is 2.49. The predicted octanol–water partition coefficient (Wildman–Crippen LogP) is 3.57. The van der Waals surface area contributed by atoms with E-state index in [1.165, 1.54) is 18.4 Å². The van der Waals surface area contributed by atoms with Crippen molar-refractivity contribution < 1.29 is 4.74 Å². The average molecular weight is 353 g/mol. The fraction of sp³-hybridized carbons (Fsp3) is 0.706. The van der Waals surface area contributed by atoms with Gasteiger partial charge in [-0.1, -0.05) is 13.8 Å². The molecule has 21 heavy (non-hydrogen) atoms. The lowest BCUT2D eigenvalue weighted by Gasteiger charge is -2.35. The number of halogens is 1. The van der Waals surface area contributed by atoms with Crippen LogP contribution in [0.25, 0.3) is 0 Å². The Morgan fingerprint density at radius 2 is 2.24 bits per heavy atom. The van der Waals surface area contributed by atoms with Crippen molar-refractivity contribution in [3.05, 3.63) is 28.5 Å². The van der Waals surface area contributed by atoms with E-state index in [9.17, 15) is 0 Å². The van der Waals surface area contributed by atoms with Gasteiger partial charge in [0.05, 0.1) is 6.10 Å². The van der Waals surface area contributed by atoms with Gasteiger partial charge in [-0.15, -0.1) is 0 Å². The smallest absolute Gasteiger partial charge is 0.0675 e. The largest absolute Gasteiger partial charge is 0.377 e. The number of rotatable bonds is 6. The molecule has 3 nitrogen and oxygen atoms in total. The molecule has 0 spiro atoms. The SMILES string of the molecule is CC(C)NCC1(Cc2cncc(Br)c2)CCOC1C1CC1. The van der Waals surface area contributed by atoms with Crippen LogP contribution in [0.3, 0.4) is 0 Å². The molecule has 4 heteroatoms. The van der Waals surface area contributed by atoms with Gasteiger partial charge >= 0.3 is 0 Å². The van der Waals surface area contributed by atoms with Crippen LogP contribution in [0.1, 0.15) is 38.7 Å². The minimum atomic E-state index is 0.230. The number of hydrogen-bond donors (Lipinski definition) is 1. The summed E-state index contributed by atoms with van der Waals surface area (Å²) in [5, 5.41) is 3.66. The van der Waals surface area contributed by atoms with Crippen LogP contribution in [-0.4, -0.2) is 30.3 Å². The quantitative estimate of drug-likeness (QED) is 0.849. The molecule has 0 bridgehead atoms. The molecule has 2 unspecified atom stereocenters. The van der Waals surface area contributed by atoms with Gasteiger partial charge in [-0.25, -0.2) is 0 Å². The normalized spacial score (nSPS) is 29.2. The van der Waals surface area contributed by atoms with Gasteiger partial charge in [0.2, 0.25) is 0 Å². The molecule has 1 aliphatic carbocycles. The third-order valence-electron chi connectivity index (χ3n) is 4.73. The van der Waals surface area contributed by atoms with E-state index < -0.39 is 0 Å². The topological polar surface area (TPSA) is 34.2 Å². The fourth-order valence-corrected chi connectivity index (χ4v) is 3.96. The lowest BCUT2D eigenvalue weighted by molar-refractivity contribution is 0.0298. The molecule has 116 valence electrons. The Bertz CT molecular complexity index is 489. The van der Waals surface area contributed by atoms with Crippen molar-refractivity contribution in [2.24, 2.45) is 11.3 Å². The summed E-state index contributed by atoms with van der Waals surface area (Å²) >= 11 is 3.54. The van der Waals surface area contributed by atoms with Gasteiger partial charge in [0.25, 0.3) is 0 Å². The molecule has 2 aliphatic rings. The third-order valence-corrected chi connectivity index (χ3v) is 5.16. The van der Waals surface area contributed by atoms with Gasteiger partial charge in [-0.3, -0.25) is 4.98 Å². The first-order valence-electron chi connectivity index (χ1n) is 8.03. The molecule has 1 N–H and O–H groups in total. The van der Waals surface area contributed by atoms with Crippen LogP contribution in [0.15, 0.2) is 22.9 Å². The summed E-state index contributed by atoms with van der Waals surface area (Å²) in [4.78, 5) is 4.33. The Kier molecular flexibility index (Phi) is 4.67. The summed E-state index contributed by atoms with van der Waals surface area (Å²) in [7, 11) is 0. The summed E-state index contributed by atoms with van der Waals surface area (Å²) in [5.74, 6) is 0.779. The van der Waals surface area contributed by atoms with Crippen LogP contribution in [0, 0.1) is 11.3 Å². The molecule has 0 radical (unpaired) electrons. The van der Waals surface area contributed by atoms with E-state index in [0.29, 0.717) is 12.1 Å². The monoisotopic (exact) mass is 352 g/mol. The van der Waals surface area contributed by atoms with Crippen molar-refractivity contribution in [3.63, 3.8) is 0 Å². The molecular formula is C17H25BrN2O. The van der Waals surface area contributed by atoms with Crippen molar-refractivity contribution in [1.82, 2.24) is 10.3 Å². The first-order valence-corrected chi connectivity index (χ1v) is 8.83. The minimum absolute atomic E-state index is 0.230. The summed E-state index contributed by atoms with van der Waals surface area (Å²) in [6.07, 6.45) is 9.16. The first-order chi connectivity index (χ1) is 10.1. The maximum Gasteiger partial charge on any atom is 0.0675 e. The van der Waals surface area contributed by atoms with Crippen LogP contribution in [-0.2, 0) is 11.2 Å². The standard InChI is InChI=1S/C17H25BrN2O/c1-12(2)20-11-17(5-6-21-16(17)14-3-4-14)8-13-7-15(18)10-19-9-13/h7,9-10,12,14,16,20H,3-6,8,11H2,1-2H3. The van der Waals surface area contributed by atoms with Gasteiger partial charge in [-0.2, -0.15) is 0 Å². The van der Waals surface area contributed by atoms with Gasteiger partial charge < -0.3 is 10.1 Å². The highest BCUT2D eigenvalue weighted by molar-refractivity contribution is 9.10.